The summed E-state index contributed by atoms with van der Waals surface area (Å²) in [5, 5.41) is 0.152. The van der Waals surface area contributed by atoms with Gasteiger partial charge < -0.3 is 23.9 Å². The zero-order chi connectivity index (χ0) is 20.4. The van der Waals surface area contributed by atoms with Crippen LogP contribution in [-0.4, -0.2) is 62.8 Å². The summed E-state index contributed by atoms with van der Waals surface area (Å²) < 4.78 is 21.5. The number of halogens is 1. The lowest BCUT2D eigenvalue weighted by Crippen LogP contribution is -2.40. The molecule has 0 saturated carbocycles. The van der Waals surface area contributed by atoms with E-state index in [1.54, 1.807) is 0 Å². The fourth-order valence-electron chi connectivity index (χ4n) is 2.89. The van der Waals surface area contributed by atoms with E-state index in [0.717, 1.165) is 0 Å². The molecule has 1 N–H and O–H groups in total. The number of nitrogens with zero attached hydrogens (tertiary/aromatic N) is 3. The van der Waals surface area contributed by atoms with Gasteiger partial charge in [-0.25, -0.2) is 15.0 Å². The maximum Gasteiger partial charge on any atom is 0.303 e. The number of H-pyrrole nitrogens is 1. The van der Waals surface area contributed by atoms with Crippen LogP contribution in [0.15, 0.2) is 6.33 Å². The summed E-state index contributed by atoms with van der Waals surface area (Å²) in [6.45, 7) is 3.44. The second kappa shape index (κ2) is 8.07. The third-order valence-electron chi connectivity index (χ3n) is 3.89. The maximum absolute atomic E-state index is 11.6. The Labute approximate surface area is 163 Å². The number of aromatic nitrogens is 4. The van der Waals surface area contributed by atoms with Crippen LogP contribution >= 0.6 is 11.6 Å². The van der Waals surface area contributed by atoms with E-state index in [4.69, 9.17) is 30.5 Å². The van der Waals surface area contributed by atoms with Crippen molar-refractivity contribution < 1.29 is 33.3 Å². The molecule has 1 aliphatic heterocycles. The van der Waals surface area contributed by atoms with E-state index >= 15 is 0 Å². The van der Waals surface area contributed by atoms with E-state index in [2.05, 4.69) is 19.9 Å². The summed E-state index contributed by atoms with van der Waals surface area (Å²) in [4.78, 5) is 49.5. The summed E-state index contributed by atoms with van der Waals surface area (Å²) in [5.74, 6) is -1.52. The van der Waals surface area contributed by atoms with Crippen LogP contribution < -0.4 is 0 Å². The average molecular weight is 413 g/mol. The van der Waals surface area contributed by atoms with Crippen LogP contribution in [0.25, 0.3) is 11.2 Å². The number of nitrogens with one attached hydrogen (secondary N) is 1. The molecule has 3 heterocycles. The Kier molecular flexibility index (Phi) is 5.75. The smallest absolute Gasteiger partial charge is 0.303 e. The van der Waals surface area contributed by atoms with Crippen LogP contribution in [0, 0.1) is 0 Å². The van der Waals surface area contributed by atoms with Crippen molar-refractivity contribution >= 4 is 40.7 Å². The van der Waals surface area contributed by atoms with Gasteiger partial charge in [0, 0.05) is 20.8 Å². The molecule has 0 spiro atoms. The predicted molar refractivity (Wildman–Crippen MR) is 92.0 cm³/mol. The van der Waals surface area contributed by atoms with Crippen molar-refractivity contribution in [3.8, 4) is 0 Å². The first-order chi connectivity index (χ1) is 13.3. The first-order valence-corrected chi connectivity index (χ1v) is 8.63. The number of hydrogen-bond donors (Lipinski definition) is 1. The lowest BCUT2D eigenvalue weighted by atomic mass is 10.1. The monoisotopic (exact) mass is 412 g/mol. The number of ether oxygens (including phenoxy) is 4. The minimum Gasteiger partial charge on any atom is -0.463 e. The Morgan fingerprint density at radius 3 is 2.39 bits per heavy atom. The highest BCUT2D eigenvalue weighted by molar-refractivity contribution is 6.33. The quantitative estimate of drug-likeness (QED) is 0.426. The van der Waals surface area contributed by atoms with E-state index in [-0.39, 0.29) is 23.2 Å². The van der Waals surface area contributed by atoms with Gasteiger partial charge in [0.2, 0.25) is 0 Å². The Morgan fingerprint density at radius 2 is 1.79 bits per heavy atom. The minimum atomic E-state index is -1.03. The van der Waals surface area contributed by atoms with E-state index in [1.807, 2.05) is 0 Å². The largest absolute Gasteiger partial charge is 0.463 e. The third-order valence-corrected chi connectivity index (χ3v) is 4.18. The first-order valence-electron chi connectivity index (χ1n) is 8.25. The van der Waals surface area contributed by atoms with Gasteiger partial charge in [-0.15, -0.1) is 0 Å². The second-order valence-electron chi connectivity index (χ2n) is 6.03. The van der Waals surface area contributed by atoms with Gasteiger partial charge in [0.05, 0.1) is 0 Å². The maximum atomic E-state index is 11.6. The first kappa shape index (κ1) is 20.0. The van der Waals surface area contributed by atoms with Crippen molar-refractivity contribution in [3.63, 3.8) is 0 Å². The van der Waals surface area contributed by atoms with Gasteiger partial charge in [-0.1, -0.05) is 11.6 Å². The molecule has 1 saturated heterocycles. The van der Waals surface area contributed by atoms with Crippen LogP contribution in [0.5, 0.6) is 0 Å². The van der Waals surface area contributed by atoms with Crippen molar-refractivity contribution in [2.45, 2.75) is 45.2 Å². The number of hydrogen-bond acceptors (Lipinski definition) is 10. The number of aromatic amines is 1. The van der Waals surface area contributed by atoms with Crippen LogP contribution in [0.3, 0.4) is 0 Å². The molecule has 0 bridgehead atoms. The van der Waals surface area contributed by atoms with E-state index in [0.29, 0.717) is 5.52 Å². The highest BCUT2D eigenvalue weighted by Gasteiger charge is 2.51. The Bertz CT molecular complexity index is 918. The van der Waals surface area contributed by atoms with Crippen LogP contribution in [0.2, 0.25) is 5.15 Å². The number of carbonyl (C=O) groups excluding carboxylic acids is 3. The van der Waals surface area contributed by atoms with Crippen molar-refractivity contribution in [2.75, 3.05) is 6.61 Å². The molecular weight excluding hydrogens is 396 g/mol. The third kappa shape index (κ3) is 4.20. The molecule has 28 heavy (non-hydrogen) atoms. The molecule has 4 atom stereocenters. The van der Waals surface area contributed by atoms with Gasteiger partial charge in [0.1, 0.15) is 30.4 Å². The minimum absolute atomic E-state index is 0.152. The van der Waals surface area contributed by atoms with E-state index in [1.165, 1.54) is 27.1 Å². The summed E-state index contributed by atoms with van der Waals surface area (Å²) in [7, 11) is 0. The lowest BCUT2D eigenvalue weighted by Gasteiger charge is -2.22. The summed E-state index contributed by atoms with van der Waals surface area (Å²) in [6.07, 6.45) is -2.62. The molecule has 0 aliphatic carbocycles. The molecule has 2 aromatic heterocycles. The van der Waals surface area contributed by atoms with Crippen molar-refractivity contribution in [2.24, 2.45) is 0 Å². The fourth-order valence-corrected chi connectivity index (χ4v) is 3.06. The van der Waals surface area contributed by atoms with Gasteiger partial charge >= 0.3 is 17.9 Å². The number of rotatable bonds is 5. The molecule has 150 valence electrons. The second-order valence-corrected chi connectivity index (χ2v) is 6.39. The number of fused-ring (bicyclic) bond motifs is 1. The van der Waals surface area contributed by atoms with Crippen LogP contribution in [-0.2, 0) is 33.3 Å². The SMILES string of the molecule is CC(=O)OC[C@H]1O[C@@H](c2nc3ncnc(Cl)c3[nH]2)[C@H](OC(C)=O)[C@H]1OC(C)=O. The average Bonchev–Trinajstić information content (AvgIpc) is 3.16. The molecule has 1 fully saturated rings. The van der Waals surface area contributed by atoms with Crippen LogP contribution in [0.1, 0.15) is 32.7 Å². The molecule has 3 rings (SSSR count). The van der Waals surface area contributed by atoms with Gasteiger partial charge in [-0.2, -0.15) is 0 Å². The zero-order valence-electron chi connectivity index (χ0n) is 15.2. The van der Waals surface area contributed by atoms with Crippen molar-refractivity contribution in [1.82, 2.24) is 19.9 Å². The highest BCUT2D eigenvalue weighted by Crippen LogP contribution is 2.37. The molecule has 0 radical (unpaired) electrons. The normalized spacial score (nSPS) is 24.1. The number of esters is 3. The van der Waals surface area contributed by atoms with Crippen LogP contribution in [0.4, 0.5) is 0 Å². The van der Waals surface area contributed by atoms with Crippen molar-refractivity contribution in [3.05, 3.63) is 17.3 Å². The predicted octanol–water partition coefficient (Wildman–Crippen LogP) is 0.873. The number of imidazole rings is 1. The summed E-state index contributed by atoms with van der Waals surface area (Å²) >= 11 is 6.03. The van der Waals surface area contributed by atoms with Crippen molar-refractivity contribution in [1.29, 1.82) is 0 Å². The topological polar surface area (TPSA) is 143 Å². The standard InChI is InChI=1S/C16H17ClN4O7/c1-6(22)25-4-9-11(26-7(2)23)12(27-8(3)24)13(28-9)16-20-10-14(17)18-5-19-15(10)21-16/h5,9,11-13H,4H2,1-3H3,(H,18,19,20,21)/t9-,11+,12-,13-/m1/s1. The molecule has 0 aromatic carbocycles. The Hall–Kier alpha value is -2.79. The molecule has 0 amide bonds. The number of carbonyl (C=O) groups is 3. The highest BCUT2D eigenvalue weighted by atomic mass is 35.5. The molecule has 12 heteroatoms. The van der Waals surface area contributed by atoms with E-state index < -0.39 is 42.3 Å². The zero-order valence-corrected chi connectivity index (χ0v) is 15.9. The molecule has 2 aromatic rings. The van der Waals surface area contributed by atoms with Gasteiger partial charge in [-0.05, 0) is 0 Å². The molecular formula is C16H17ClN4O7. The molecule has 11 nitrogen and oxygen atoms in total. The van der Waals surface area contributed by atoms with E-state index in [9.17, 15) is 14.4 Å². The summed E-state index contributed by atoms with van der Waals surface area (Å²) in [6, 6.07) is 0. The Morgan fingerprint density at radius 1 is 1.11 bits per heavy atom. The molecule has 0 unspecified atom stereocenters. The Balaban J connectivity index is 1.98. The fraction of sp³-hybridized carbons (Fsp3) is 0.500. The van der Waals surface area contributed by atoms with Gasteiger partial charge in [-0.3, -0.25) is 14.4 Å². The van der Waals surface area contributed by atoms with Gasteiger partial charge in [0.25, 0.3) is 0 Å². The molecule has 1 aliphatic rings. The lowest BCUT2D eigenvalue weighted by molar-refractivity contribution is -0.165. The summed E-state index contributed by atoms with van der Waals surface area (Å²) in [5.41, 5.74) is 0.657. The van der Waals surface area contributed by atoms with Gasteiger partial charge in [0.15, 0.2) is 29.1 Å².